The second-order valence-electron chi connectivity index (χ2n) is 5.60. The van der Waals surface area contributed by atoms with Crippen molar-refractivity contribution >= 4 is 17.4 Å². The van der Waals surface area contributed by atoms with E-state index in [2.05, 4.69) is 32.1 Å². The number of nitrogens with zero attached hydrogens (tertiary/aromatic N) is 4. The summed E-state index contributed by atoms with van der Waals surface area (Å²) < 4.78 is 1.74. The molecule has 1 N–H and O–H groups in total. The van der Waals surface area contributed by atoms with Gasteiger partial charge in [-0.05, 0) is 36.5 Å². The number of rotatable bonds is 6. The van der Waals surface area contributed by atoms with E-state index in [9.17, 15) is 4.79 Å². The van der Waals surface area contributed by atoms with Gasteiger partial charge in [-0.15, -0.1) is 0 Å². The molecule has 1 unspecified atom stereocenters. The molecule has 0 aliphatic rings. The fourth-order valence-corrected chi connectivity index (χ4v) is 2.99. The maximum atomic E-state index is 12.2. The van der Waals surface area contributed by atoms with Crippen molar-refractivity contribution in [3.05, 3.63) is 40.3 Å². The third-order valence-corrected chi connectivity index (χ3v) is 4.22. The standard InChI is InChI=1S/C15H23N5OS/c1-18(2)14(13-5-6-22-11-13)8-16-15(21)19(3)9-12-7-17-20(4)10-12/h5-7,10-11,14H,8-9H2,1-4H3,(H,16,21). The monoisotopic (exact) mass is 321 g/mol. The van der Waals surface area contributed by atoms with Crippen LogP contribution in [-0.4, -0.2) is 53.3 Å². The van der Waals surface area contributed by atoms with Crippen molar-refractivity contribution in [3.63, 3.8) is 0 Å². The largest absolute Gasteiger partial charge is 0.336 e. The fourth-order valence-electron chi connectivity index (χ4n) is 2.28. The minimum atomic E-state index is -0.0778. The molecule has 22 heavy (non-hydrogen) atoms. The van der Waals surface area contributed by atoms with Crippen LogP contribution in [0, 0.1) is 0 Å². The van der Waals surface area contributed by atoms with Gasteiger partial charge in [-0.2, -0.15) is 16.4 Å². The summed E-state index contributed by atoms with van der Waals surface area (Å²) in [6.45, 7) is 1.13. The Bertz CT molecular complexity index is 593. The Hall–Kier alpha value is -1.86. The zero-order valence-electron chi connectivity index (χ0n) is 13.5. The number of thiophene rings is 1. The van der Waals surface area contributed by atoms with E-state index in [1.165, 1.54) is 5.56 Å². The van der Waals surface area contributed by atoms with Crippen LogP contribution in [0.4, 0.5) is 4.79 Å². The van der Waals surface area contributed by atoms with Crippen molar-refractivity contribution in [2.45, 2.75) is 12.6 Å². The number of carbonyl (C=O) groups excluding carboxylic acids is 1. The number of amides is 2. The van der Waals surface area contributed by atoms with Crippen LogP contribution in [-0.2, 0) is 13.6 Å². The number of aromatic nitrogens is 2. The summed E-state index contributed by atoms with van der Waals surface area (Å²) in [5, 5.41) is 11.3. The smallest absolute Gasteiger partial charge is 0.317 e. The first-order valence-corrected chi connectivity index (χ1v) is 8.06. The molecule has 0 aliphatic carbocycles. The minimum Gasteiger partial charge on any atom is -0.336 e. The normalized spacial score (nSPS) is 12.4. The van der Waals surface area contributed by atoms with Gasteiger partial charge >= 0.3 is 6.03 Å². The average molecular weight is 321 g/mol. The lowest BCUT2D eigenvalue weighted by Crippen LogP contribution is -2.41. The second kappa shape index (κ2) is 7.42. The van der Waals surface area contributed by atoms with Crippen LogP contribution in [0.3, 0.4) is 0 Å². The molecule has 2 rings (SSSR count). The second-order valence-corrected chi connectivity index (χ2v) is 6.38. The summed E-state index contributed by atoms with van der Waals surface area (Å²) in [5.74, 6) is 0. The van der Waals surface area contributed by atoms with E-state index in [4.69, 9.17) is 0 Å². The van der Waals surface area contributed by atoms with Crippen molar-refractivity contribution in [2.24, 2.45) is 7.05 Å². The predicted octanol–water partition coefficient (Wildman–Crippen LogP) is 1.93. The number of hydrogen-bond donors (Lipinski definition) is 1. The highest BCUT2D eigenvalue weighted by molar-refractivity contribution is 7.07. The van der Waals surface area contributed by atoms with Gasteiger partial charge < -0.3 is 15.1 Å². The molecule has 0 aromatic carbocycles. The van der Waals surface area contributed by atoms with E-state index >= 15 is 0 Å². The molecule has 2 aromatic rings. The van der Waals surface area contributed by atoms with E-state index in [0.717, 1.165) is 5.56 Å². The quantitative estimate of drug-likeness (QED) is 0.884. The maximum Gasteiger partial charge on any atom is 0.317 e. The predicted molar refractivity (Wildman–Crippen MR) is 88.8 cm³/mol. The van der Waals surface area contributed by atoms with Gasteiger partial charge in [0.1, 0.15) is 0 Å². The Morgan fingerprint density at radius 2 is 2.23 bits per heavy atom. The van der Waals surface area contributed by atoms with Crippen LogP contribution in [0.2, 0.25) is 0 Å². The van der Waals surface area contributed by atoms with Crippen molar-refractivity contribution in [1.82, 2.24) is 24.9 Å². The average Bonchev–Trinajstić information content (AvgIpc) is 3.10. The highest BCUT2D eigenvalue weighted by atomic mass is 32.1. The molecule has 0 bridgehead atoms. The molecule has 6 nitrogen and oxygen atoms in total. The van der Waals surface area contributed by atoms with Crippen molar-refractivity contribution < 1.29 is 4.79 Å². The SMILES string of the molecule is CN(Cc1cnn(C)c1)C(=O)NCC(c1ccsc1)N(C)C. The summed E-state index contributed by atoms with van der Waals surface area (Å²) in [6.07, 6.45) is 3.69. The Kier molecular flexibility index (Phi) is 5.57. The topological polar surface area (TPSA) is 53.4 Å². The number of carbonyl (C=O) groups is 1. The molecule has 0 radical (unpaired) electrons. The Balaban J connectivity index is 1.88. The van der Waals surface area contributed by atoms with Crippen LogP contribution in [0.15, 0.2) is 29.2 Å². The number of hydrogen-bond acceptors (Lipinski definition) is 4. The molecule has 2 aromatic heterocycles. The zero-order chi connectivity index (χ0) is 16.1. The number of aryl methyl sites for hydroxylation is 1. The first-order chi connectivity index (χ1) is 10.5. The highest BCUT2D eigenvalue weighted by Crippen LogP contribution is 2.20. The lowest BCUT2D eigenvalue weighted by Gasteiger charge is -2.25. The molecular formula is C15H23N5OS. The van der Waals surface area contributed by atoms with Crippen molar-refractivity contribution in [3.8, 4) is 0 Å². The molecule has 2 amide bonds. The fraction of sp³-hybridized carbons (Fsp3) is 0.467. The van der Waals surface area contributed by atoms with E-state index in [0.29, 0.717) is 13.1 Å². The van der Waals surface area contributed by atoms with Gasteiger partial charge in [-0.3, -0.25) is 4.68 Å². The number of urea groups is 1. The van der Waals surface area contributed by atoms with Crippen molar-refractivity contribution in [2.75, 3.05) is 27.7 Å². The molecular weight excluding hydrogens is 298 g/mol. The third kappa shape index (κ3) is 4.32. The molecule has 7 heteroatoms. The molecule has 0 spiro atoms. The Morgan fingerprint density at radius 3 is 2.77 bits per heavy atom. The van der Waals surface area contributed by atoms with Gasteiger partial charge in [-0.1, -0.05) is 0 Å². The van der Waals surface area contributed by atoms with E-state index < -0.39 is 0 Å². The zero-order valence-corrected chi connectivity index (χ0v) is 14.3. The van der Waals surface area contributed by atoms with Crippen LogP contribution in [0.25, 0.3) is 0 Å². The van der Waals surface area contributed by atoms with Gasteiger partial charge in [-0.25, -0.2) is 4.79 Å². The minimum absolute atomic E-state index is 0.0778. The van der Waals surface area contributed by atoms with E-state index in [-0.39, 0.29) is 12.1 Å². The van der Waals surface area contributed by atoms with Gasteiger partial charge in [0.05, 0.1) is 18.8 Å². The van der Waals surface area contributed by atoms with Gasteiger partial charge in [0, 0.05) is 32.4 Å². The first-order valence-electron chi connectivity index (χ1n) is 7.12. The number of nitrogens with one attached hydrogen (secondary N) is 1. The van der Waals surface area contributed by atoms with Crippen molar-refractivity contribution in [1.29, 1.82) is 0 Å². The van der Waals surface area contributed by atoms with Gasteiger partial charge in [0.25, 0.3) is 0 Å². The summed E-state index contributed by atoms with van der Waals surface area (Å²) >= 11 is 1.67. The van der Waals surface area contributed by atoms with E-state index in [1.54, 1.807) is 34.2 Å². The molecule has 0 fully saturated rings. The van der Waals surface area contributed by atoms with Crippen LogP contribution >= 0.6 is 11.3 Å². The lowest BCUT2D eigenvalue weighted by molar-refractivity contribution is 0.201. The van der Waals surface area contributed by atoms with E-state index in [1.807, 2.05) is 27.3 Å². The lowest BCUT2D eigenvalue weighted by atomic mass is 10.1. The first kappa shape index (κ1) is 16.5. The summed E-state index contributed by atoms with van der Waals surface area (Å²) in [7, 11) is 7.70. The van der Waals surface area contributed by atoms with Gasteiger partial charge in [0.2, 0.25) is 0 Å². The Labute approximate surface area is 135 Å². The number of likely N-dealkylation sites (N-methyl/N-ethyl adjacent to an activating group) is 1. The molecule has 0 aliphatic heterocycles. The molecule has 120 valence electrons. The Morgan fingerprint density at radius 1 is 1.45 bits per heavy atom. The van der Waals surface area contributed by atoms with Crippen LogP contribution < -0.4 is 5.32 Å². The summed E-state index contributed by atoms with van der Waals surface area (Å²) in [4.78, 5) is 16.0. The molecule has 0 saturated heterocycles. The van der Waals surface area contributed by atoms with Crippen LogP contribution in [0.1, 0.15) is 17.2 Å². The molecule has 1 atom stereocenters. The summed E-state index contributed by atoms with van der Waals surface area (Å²) in [6, 6.07) is 2.20. The molecule has 2 heterocycles. The maximum absolute atomic E-state index is 12.2. The molecule has 0 saturated carbocycles. The van der Waals surface area contributed by atoms with Gasteiger partial charge in [0.15, 0.2) is 0 Å². The van der Waals surface area contributed by atoms with Crippen LogP contribution in [0.5, 0.6) is 0 Å². The third-order valence-electron chi connectivity index (χ3n) is 3.52. The summed E-state index contributed by atoms with van der Waals surface area (Å²) in [5.41, 5.74) is 2.24. The highest BCUT2D eigenvalue weighted by Gasteiger charge is 2.17.